The van der Waals surface area contributed by atoms with Crippen LogP contribution in [0.5, 0.6) is 0 Å². The Balaban J connectivity index is 1.72. The van der Waals surface area contributed by atoms with E-state index in [-0.39, 0.29) is 0 Å². The van der Waals surface area contributed by atoms with Gasteiger partial charge in [0.25, 0.3) is 0 Å². The molecule has 3 heterocycles. The smallest absolute Gasteiger partial charge is 0.195 e. The van der Waals surface area contributed by atoms with E-state index >= 15 is 0 Å². The summed E-state index contributed by atoms with van der Waals surface area (Å²) in [5.74, 6) is 0. The topological polar surface area (TPSA) is 17.8 Å². The largest absolute Gasteiger partial charge is 0.284 e. The van der Waals surface area contributed by atoms with Crippen LogP contribution in [0, 0.1) is 0 Å². The number of hydrogen-bond acceptors (Lipinski definition) is 3. The standard InChI is InChI=1S/C29H16N2S2/c1-2-10-18-17(9-1)25-19-11-3-6-14-22(19)31(29-30-21-13-5-8-16-24(21)33-29)27(25)28-26(18)20-12-4-7-15-23(20)32-28/h1-16H. The number of rotatable bonds is 1. The molecule has 4 heteroatoms. The SMILES string of the molecule is c1ccc2sc(-n3c4ccccc4c4c5ccccc5c5c6ccccc6sc5c43)nc2c1. The van der Waals surface area contributed by atoms with Crippen LogP contribution in [0.3, 0.4) is 0 Å². The van der Waals surface area contributed by atoms with E-state index in [9.17, 15) is 0 Å². The molecule has 0 aliphatic carbocycles. The van der Waals surface area contributed by atoms with Crippen molar-refractivity contribution in [3.05, 3.63) is 97.1 Å². The third kappa shape index (κ3) is 2.29. The van der Waals surface area contributed by atoms with Crippen LogP contribution in [-0.4, -0.2) is 9.55 Å². The summed E-state index contributed by atoms with van der Waals surface area (Å²) >= 11 is 3.65. The molecule has 0 saturated heterocycles. The van der Waals surface area contributed by atoms with Crippen molar-refractivity contribution in [2.45, 2.75) is 0 Å². The lowest BCUT2D eigenvalue weighted by Crippen LogP contribution is -1.93. The normalized spacial score (nSPS) is 12.2. The van der Waals surface area contributed by atoms with Gasteiger partial charge in [-0.05, 0) is 35.0 Å². The average molecular weight is 457 g/mol. The van der Waals surface area contributed by atoms with Gasteiger partial charge in [-0.2, -0.15) is 0 Å². The summed E-state index contributed by atoms with van der Waals surface area (Å²) in [6.45, 7) is 0. The van der Waals surface area contributed by atoms with Gasteiger partial charge in [0, 0.05) is 26.2 Å². The van der Waals surface area contributed by atoms with Crippen molar-refractivity contribution in [2.24, 2.45) is 0 Å². The Bertz CT molecular complexity index is 2000. The molecular formula is C29H16N2S2. The van der Waals surface area contributed by atoms with Crippen LogP contribution in [0.4, 0.5) is 0 Å². The summed E-state index contributed by atoms with van der Waals surface area (Å²) in [5.41, 5.74) is 3.53. The molecule has 5 aromatic carbocycles. The molecule has 0 aliphatic heterocycles. The minimum absolute atomic E-state index is 1.02. The van der Waals surface area contributed by atoms with Crippen molar-refractivity contribution < 1.29 is 0 Å². The third-order valence-corrected chi connectivity index (χ3v) is 8.82. The van der Waals surface area contributed by atoms with Gasteiger partial charge in [0.15, 0.2) is 5.13 Å². The predicted molar refractivity (Wildman–Crippen MR) is 144 cm³/mol. The van der Waals surface area contributed by atoms with Gasteiger partial charge in [0.05, 0.1) is 25.9 Å². The van der Waals surface area contributed by atoms with Crippen molar-refractivity contribution in [3.8, 4) is 5.13 Å². The number of benzene rings is 5. The van der Waals surface area contributed by atoms with Crippen LogP contribution >= 0.6 is 22.7 Å². The predicted octanol–water partition coefficient (Wildman–Crippen LogP) is 8.91. The molecule has 0 spiro atoms. The first-order valence-corrected chi connectivity index (χ1v) is 12.6. The van der Waals surface area contributed by atoms with E-state index in [1.54, 1.807) is 11.3 Å². The van der Waals surface area contributed by atoms with Gasteiger partial charge in [0.2, 0.25) is 0 Å². The first-order chi connectivity index (χ1) is 16.4. The molecular weight excluding hydrogens is 440 g/mol. The first-order valence-electron chi connectivity index (χ1n) is 11.0. The summed E-state index contributed by atoms with van der Waals surface area (Å²) in [6, 6.07) is 34.9. The highest BCUT2D eigenvalue weighted by molar-refractivity contribution is 7.27. The maximum absolute atomic E-state index is 5.08. The Morgan fingerprint density at radius 2 is 1.18 bits per heavy atom. The molecule has 0 atom stereocenters. The zero-order valence-electron chi connectivity index (χ0n) is 17.4. The number of thiophene rings is 1. The third-order valence-electron chi connectivity index (χ3n) is 6.62. The molecule has 2 nitrogen and oxygen atoms in total. The fourth-order valence-corrected chi connectivity index (χ4v) is 7.53. The molecule has 0 bridgehead atoms. The highest BCUT2D eigenvalue weighted by Crippen LogP contribution is 2.48. The van der Waals surface area contributed by atoms with Crippen LogP contribution < -0.4 is 0 Å². The second-order valence-corrected chi connectivity index (χ2v) is 10.4. The van der Waals surface area contributed by atoms with Crippen LogP contribution in [0.1, 0.15) is 0 Å². The van der Waals surface area contributed by atoms with Crippen molar-refractivity contribution in [1.82, 2.24) is 9.55 Å². The molecule has 0 aliphatic rings. The van der Waals surface area contributed by atoms with E-state index in [0.717, 1.165) is 10.6 Å². The molecule has 0 radical (unpaired) electrons. The van der Waals surface area contributed by atoms with Gasteiger partial charge >= 0.3 is 0 Å². The summed E-state index contributed by atoms with van der Waals surface area (Å²) < 4.78 is 6.28. The Labute approximate surface area is 196 Å². The van der Waals surface area contributed by atoms with Crippen LogP contribution in [0.2, 0.25) is 0 Å². The van der Waals surface area contributed by atoms with Gasteiger partial charge in [0.1, 0.15) is 0 Å². The number of thiazole rings is 1. The fraction of sp³-hybridized carbons (Fsp3) is 0. The Morgan fingerprint density at radius 3 is 2.00 bits per heavy atom. The van der Waals surface area contributed by atoms with E-state index in [1.807, 2.05) is 11.3 Å². The molecule has 0 fully saturated rings. The van der Waals surface area contributed by atoms with Crippen LogP contribution in [0.25, 0.3) is 68.1 Å². The van der Waals surface area contributed by atoms with Gasteiger partial charge in [-0.3, -0.25) is 4.57 Å². The van der Waals surface area contributed by atoms with Crippen LogP contribution in [-0.2, 0) is 0 Å². The number of aromatic nitrogens is 2. The summed E-state index contributed by atoms with van der Waals surface area (Å²) in [5, 5.41) is 8.93. The van der Waals surface area contributed by atoms with Gasteiger partial charge in [-0.1, -0.05) is 84.1 Å². The summed E-state index contributed by atoms with van der Waals surface area (Å²) in [6.07, 6.45) is 0. The number of para-hydroxylation sites is 2. The number of nitrogens with zero attached hydrogens (tertiary/aromatic N) is 2. The molecule has 154 valence electrons. The Hall–Kier alpha value is -3.73. The maximum atomic E-state index is 5.08. The van der Waals surface area contributed by atoms with Crippen LogP contribution in [0.15, 0.2) is 97.1 Å². The van der Waals surface area contributed by atoms with Crippen molar-refractivity contribution >= 4 is 85.6 Å². The van der Waals surface area contributed by atoms with Crippen molar-refractivity contribution in [3.63, 3.8) is 0 Å². The molecule has 8 rings (SSSR count). The quantitative estimate of drug-likeness (QED) is 0.241. The zero-order valence-corrected chi connectivity index (χ0v) is 19.1. The molecule has 33 heavy (non-hydrogen) atoms. The van der Waals surface area contributed by atoms with E-state index in [4.69, 9.17) is 4.98 Å². The maximum Gasteiger partial charge on any atom is 0.195 e. The molecule has 8 aromatic rings. The monoisotopic (exact) mass is 456 g/mol. The molecule has 0 amide bonds. The van der Waals surface area contributed by atoms with Crippen molar-refractivity contribution in [1.29, 1.82) is 0 Å². The zero-order chi connectivity index (χ0) is 21.5. The Kier molecular flexibility index (Phi) is 3.45. The molecule has 3 aromatic heterocycles. The minimum atomic E-state index is 1.02. The Morgan fingerprint density at radius 1 is 0.545 bits per heavy atom. The second-order valence-electron chi connectivity index (χ2n) is 8.39. The van der Waals surface area contributed by atoms with Gasteiger partial charge < -0.3 is 0 Å². The lowest BCUT2D eigenvalue weighted by atomic mass is 9.99. The number of fused-ring (bicyclic) bond motifs is 11. The summed E-state index contributed by atoms with van der Waals surface area (Å²) in [7, 11) is 0. The lowest BCUT2D eigenvalue weighted by Gasteiger charge is -2.07. The summed E-state index contributed by atoms with van der Waals surface area (Å²) in [4.78, 5) is 5.08. The molecule has 0 unspecified atom stereocenters. The lowest BCUT2D eigenvalue weighted by molar-refractivity contribution is 1.15. The van der Waals surface area contributed by atoms with Gasteiger partial charge in [-0.15, -0.1) is 11.3 Å². The minimum Gasteiger partial charge on any atom is -0.284 e. The second kappa shape index (κ2) is 6.41. The molecule has 0 N–H and O–H groups in total. The number of hydrogen-bond donors (Lipinski definition) is 0. The van der Waals surface area contributed by atoms with E-state index in [0.29, 0.717) is 0 Å². The molecule has 0 saturated carbocycles. The van der Waals surface area contributed by atoms with E-state index in [1.165, 1.54) is 57.5 Å². The van der Waals surface area contributed by atoms with Gasteiger partial charge in [-0.25, -0.2) is 4.98 Å². The highest BCUT2D eigenvalue weighted by Gasteiger charge is 2.22. The van der Waals surface area contributed by atoms with Crippen molar-refractivity contribution in [2.75, 3.05) is 0 Å². The highest BCUT2D eigenvalue weighted by atomic mass is 32.1. The fourth-order valence-electron chi connectivity index (χ4n) is 5.28. The van der Waals surface area contributed by atoms with E-state index < -0.39 is 0 Å². The average Bonchev–Trinajstić information content (AvgIpc) is 3.55. The first kappa shape index (κ1) is 17.8. The van der Waals surface area contributed by atoms with E-state index in [2.05, 4.69) is 102 Å².